The van der Waals surface area contributed by atoms with Gasteiger partial charge in [-0.1, -0.05) is 31.2 Å². The average molecular weight is 303 g/mol. The van der Waals surface area contributed by atoms with Crippen molar-refractivity contribution < 1.29 is 4.79 Å². The van der Waals surface area contributed by atoms with Gasteiger partial charge in [-0.15, -0.1) is 0 Å². The molecule has 0 bridgehead atoms. The zero-order valence-corrected chi connectivity index (χ0v) is 13.9. The largest absolute Gasteiger partial charge is 0.341 e. The molecule has 0 spiro atoms. The third-order valence-electron chi connectivity index (χ3n) is 4.27. The number of amides is 1. The maximum atomic E-state index is 12.2. The molecule has 2 N–H and O–H groups in total. The third-order valence-corrected chi connectivity index (χ3v) is 4.27. The Morgan fingerprint density at radius 1 is 1.23 bits per heavy atom. The molecule has 1 aliphatic heterocycles. The van der Waals surface area contributed by atoms with Crippen LogP contribution in [0.1, 0.15) is 37.3 Å². The van der Waals surface area contributed by atoms with Gasteiger partial charge in [0.05, 0.1) is 6.04 Å². The lowest BCUT2D eigenvalue weighted by Gasteiger charge is -2.20. The summed E-state index contributed by atoms with van der Waals surface area (Å²) in [6, 6.07) is 8.09. The summed E-state index contributed by atoms with van der Waals surface area (Å²) >= 11 is 0. The van der Waals surface area contributed by atoms with Gasteiger partial charge < -0.3 is 15.5 Å². The van der Waals surface area contributed by atoms with E-state index in [0.29, 0.717) is 6.42 Å². The van der Waals surface area contributed by atoms with Gasteiger partial charge in [-0.05, 0) is 50.4 Å². The minimum atomic E-state index is -0.410. The first-order valence-electron chi connectivity index (χ1n) is 8.41. The van der Waals surface area contributed by atoms with E-state index in [9.17, 15) is 4.79 Å². The molecule has 1 amide bonds. The topological polar surface area (TPSA) is 49.6 Å². The summed E-state index contributed by atoms with van der Waals surface area (Å²) in [5.74, 6) is 0.101. The van der Waals surface area contributed by atoms with Gasteiger partial charge in [0, 0.05) is 19.6 Å². The summed E-state index contributed by atoms with van der Waals surface area (Å²) in [4.78, 5) is 16.4. The van der Waals surface area contributed by atoms with Crippen LogP contribution in [0.2, 0.25) is 0 Å². The average Bonchev–Trinajstić information content (AvgIpc) is 3.03. The number of nitrogens with zero attached hydrogens (tertiary/aromatic N) is 2. The Bertz CT molecular complexity index is 466. The Morgan fingerprint density at radius 3 is 2.41 bits per heavy atom. The van der Waals surface area contributed by atoms with Gasteiger partial charge >= 0.3 is 0 Å². The molecular weight excluding hydrogens is 274 g/mol. The molecule has 0 saturated carbocycles. The highest BCUT2D eigenvalue weighted by molar-refractivity contribution is 5.82. The van der Waals surface area contributed by atoms with Crippen molar-refractivity contribution in [3.05, 3.63) is 35.4 Å². The maximum Gasteiger partial charge on any atom is 0.239 e. The van der Waals surface area contributed by atoms with Gasteiger partial charge in [0.15, 0.2) is 0 Å². The Hall–Kier alpha value is -1.39. The Labute approximate surface area is 134 Å². The van der Waals surface area contributed by atoms with Gasteiger partial charge in [0.1, 0.15) is 0 Å². The van der Waals surface area contributed by atoms with Crippen molar-refractivity contribution in [3.8, 4) is 0 Å². The fourth-order valence-corrected chi connectivity index (χ4v) is 3.07. The SMILES string of the molecule is CCCN(C)Cc1ccc(CC(N)C(=O)N2CCCC2)cc1. The molecule has 1 atom stereocenters. The van der Waals surface area contributed by atoms with Crippen LogP contribution in [-0.2, 0) is 17.8 Å². The lowest BCUT2D eigenvalue weighted by molar-refractivity contribution is -0.131. The highest BCUT2D eigenvalue weighted by Crippen LogP contribution is 2.12. The summed E-state index contributed by atoms with van der Waals surface area (Å²) in [5.41, 5.74) is 8.53. The first-order chi connectivity index (χ1) is 10.6. The molecule has 122 valence electrons. The van der Waals surface area contributed by atoms with Crippen LogP contribution in [0.3, 0.4) is 0 Å². The van der Waals surface area contributed by atoms with E-state index in [1.165, 1.54) is 12.0 Å². The van der Waals surface area contributed by atoms with Crippen molar-refractivity contribution in [2.24, 2.45) is 5.73 Å². The van der Waals surface area contributed by atoms with E-state index in [0.717, 1.165) is 44.6 Å². The monoisotopic (exact) mass is 303 g/mol. The quantitative estimate of drug-likeness (QED) is 0.838. The Balaban J connectivity index is 1.86. The fraction of sp³-hybridized carbons (Fsp3) is 0.611. The van der Waals surface area contributed by atoms with E-state index >= 15 is 0 Å². The predicted octanol–water partition coefficient (Wildman–Crippen LogP) is 2.02. The second-order valence-electron chi connectivity index (χ2n) is 6.40. The molecule has 1 aromatic carbocycles. The number of benzene rings is 1. The molecule has 0 aromatic heterocycles. The Morgan fingerprint density at radius 2 is 1.82 bits per heavy atom. The van der Waals surface area contributed by atoms with Crippen molar-refractivity contribution in [3.63, 3.8) is 0 Å². The number of carbonyl (C=O) groups excluding carboxylic acids is 1. The summed E-state index contributed by atoms with van der Waals surface area (Å²) in [7, 11) is 2.14. The summed E-state index contributed by atoms with van der Waals surface area (Å²) < 4.78 is 0. The van der Waals surface area contributed by atoms with Crippen LogP contribution >= 0.6 is 0 Å². The number of carbonyl (C=O) groups is 1. The maximum absolute atomic E-state index is 12.2. The molecule has 4 nitrogen and oxygen atoms in total. The summed E-state index contributed by atoms with van der Waals surface area (Å²) in [6.45, 7) is 6.01. The number of nitrogens with two attached hydrogens (primary N) is 1. The van der Waals surface area contributed by atoms with Gasteiger partial charge in [0.2, 0.25) is 5.91 Å². The zero-order valence-electron chi connectivity index (χ0n) is 13.9. The fourth-order valence-electron chi connectivity index (χ4n) is 3.07. The molecule has 1 heterocycles. The molecule has 2 rings (SSSR count). The number of likely N-dealkylation sites (tertiary alicyclic amines) is 1. The van der Waals surface area contributed by atoms with Gasteiger partial charge in [-0.3, -0.25) is 4.79 Å². The van der Waals surface area contributed by atoms with Crippen molar-refractivity contribution in [1.29, 1.82) is 0 Å². The highest BCUT2D eigenvalue weighted by atomic mass is 16.2. The van der Waals surface area contributed by atoms with Crippen molar-refractivity contribution in [2.45, 2.75) is 45.2 Å². The highest BCUT2D eigenvalue weighted by Gasteiger charge is 2.23. The molecule has 1 aromatic rings. The molecule has 4 heteroatoms. The van der Waals surface area contributed by atoms with Crippen LogP contribution in [0.15, 0.2) is 24.3 Å². The molecule has 1 saturated heterocycles. The third kappa shape index (κ3) is 4.82. The first-order valence-corrected chi connectivity index (χ1v) is 8.41. The van der Waals surface area contributed by atoms with Crippen LogP contribution in [0.5, 0.6) is 0 Å². The van der Waals surface area contributed by atoms with Crippen LogP contribution in [-0.4, -0.2) is 48.4 Å². The lowest BCUT2D eigenvalue weighted by atomic mass is 10.0. The minimum absolute atomic E-state index is 0.101. The van der Waals surface area contributed by atoms with E-state index < -0.39 is 6.04 Å². The zero-order chi connectivity index (χ0) is 15.9. The molecule has 1 aliphatic rings. The van der Waals surface area contributed by atoms with E-state index in [1.54, 1.807) is 0 Å². The predicted molar refractivity (Wildman–Crippen MR) is 90.6 cm³/mol. The standard InChI is InChI=1S/C18H29N3O/c1-3-10-20(2)14-16-8-6-15(7-9-16)13-17(19)18(22)21-11-4-5-12-21/h6-9,17H,3-5,10-14,19H2,1-2H3. The molecule has 1 fully saturated rings. The van der Waals surface area contributed by atoms with E-state index in [4.69, 9.17) is 5.73 Å². The number of hydrogen-bond acceptors (Lipinski definition) is 3. The molecule has 22 heavy (non-hydrogen) atoms. The smallest absolute Gasteiger partial charge is 0.239 e. The summed E-state index contributed by atoms with van der Waals surface area (Å²) in [6.07, 6.45) is 4.01. The van der Waals surface area contributed by atoms with Crippen molar-refractivity contribution in [1.82, 2.24) is 9.80 Å². The van der Waals surface area contributed by atoms with Gasteiger partial charge in [0.25, 0.3) is 0 Å². The molecule has 0 radical (unpaired) electrons. The normalized spacial score (nSPS) is 16.3. The molecular formula is C18H29N3O. The Kier molecular flexibility index (Phi) is 6.40. The summed E-state index contributed by atoms with van der Waals surface area (Å²) in [5, 5.41) is 0. The van der Waals surface area contributed by atoms with E-state index in [2.05, 4.69) is 43.1 Å². The van der Waals surface area contributed by atoms with E-state index in [-0.39, 0.29) is 5.91 Å². The van der Waals surface area contributed by atoms with Crippen LogP contribution in [0, 0.1) is 0 Å². The minimum Gasteiger partial charge on any atom is -0.341 e. The van der Waals surface area contributed by atoms with Gasteiger partial charge in [-0.2, -0.15) is 0 Å². The van der Waals surface area contributed by atoms with Crippen molar-refractivity contribution >= 4 is 5.91 Å². The van der Waals surface area contributed by atoms with E-state index in [1.807, 2.05) is 4.90 Å². The lowest BCUT2D eigenvalue weighted by Crippen LogP contribution is -2.43. The number of hydrogen-bond donors (Lipinski definition) is 1. The second-order valence-corrected chi connectivity index (χ2v) is 6.40. The van der Waals surface area contributed by atoms with Gasteiger partial charge in [-0.25, -0.2) is 0 Å². The van der Waals surface area contributed by atoms with Crippen LogP contribution < -0.4 is 5.73 Å². The van der Waals surface area contributed by atoms with Crippen LogP contribution in [0.4, 0.5) is 0 Å². The molecule has 0 aliphatic carbocycles. The van der Waals surface area contributed by atoms with Crippen molar-refractivity contribution in [2.75, 3.05) is 26.7 Å². The number of rotatable bonds is 7. The van der Waals surface area contributed by atoms with Crippen LogP contribution in [0.25, 0.3) is 0 Å². The second kappa shape index (κ2) is 8.30. The first kappa shape index (κ1) is 17.0. The molecule has 1 unspecified atom stereocenters.